The molecule has 1 saturated heterocycles. The van der Waals surface area contributed by atoms with Crippen LogP contribution in [0.5, 0.6) is 0 Å². The van der Waals surface area contributed by atoms with Crippen molar-refractivity contribution in [1.82, 2.24) is 5.32 Å². The number of carbonyl (C=O) groups is 2. The Hall–Kier alpha value is -1.99. The van der Waals surface area contributed by atoms with Crippen molar-refractivity contribution in [3.63, 3.8) is 0 Å². The van der Waals surface area contributed by atoms with E-state index in [0.29, 0.717) is 19.7 Å². The fourth-order valence-electron chi connectivity index (χ4n) is 1.72. The molecule has 0 radical (unpaired) electrons. The first-order valence-corrected chi connectivity index (χ1v) is 5.74. The number of halogens is 1. The van der Waals surface area contributed by atoms with Crippen molar-refractivity contribution in [2.24, 2.45) is 0 Å². The largest absolute Gasteiger partial charge is 0.478 e. The maximum Gasteiger partial charge on any atom is 0.338 e. The number of rotatable bonds is 3. The Labute approximate surface area is 108 Å². The Balaban J connectivity index is 2.04. The van der Waals surface area contributed by atoms with E-state index >= 15 is 0 Å². The second-order valence-corrected chi connectivity index (χ2v) is 4.05. The fourth-order valence-corrected chi connectivity index (χ4v) is 1.72. The fraction of sp³-hybridized carbons (Fsp3) is 0.333. The predicted molar refractivity (Wildman–Crippen MR) is 64.6 cm³/mol. The Kier molecular flexibility index (Phi) is 4.08. The van der Waals surface area contributed by atoms with Crippen LogP contribution in [0.2, 0.25) is 0 Å². The first-order valence-electron chi connectivity index (χ1n) is 5.74. The van der Waals surface area contributed by atoms with Crippen molar-refractivity contribution in [2.45, 2.75) is 6.10 Å². The summed E-state index contributed by atoms with van der Waals surface area (Å²) in [5, 5.41) is 14.2. The van der Waals surface area contributed by atoms with Gasteiger partial charge in [-0.15, -0.1) is 0 Å². The first kappa shape index (κ1) is 13.4. The van der Waals surface area contributed by atoms with E-state index in [-0.39, 0.29) is 5.69 Å². The molecule has 19 heavy (non-hydrogen) atoms. The number of carbonyl (C=O) groups excluding carboxylic acids is 1. The molecule has 1 fully saturated rings. The Morgan fingerprint density at radius 2 is 2.26 bits per heavy atom. The van der Waals surface area contributed by atoms with Crippen LogP contribution in [0.3, 0.4) is 0 Å². The molecule has 1 aliphatic heterocycles. The van der Waals surface area contributed by atoms with E-state index in [9.17, 15) is 14.0 Å². The standard InChI is InChI=1S/C12H13FN2O4/c13-9-5-7(1-2-8(9)12(17)18)15-11(16)10-6-14-3-4-19-10/h1-2,5,10,14H,3-4,6H2,(H,15,16)(H,17,18). The highest BCUT2D eigenvalue weighted by Crippen LogP contribution is 2.15. The minimum absolute atomic E-state index is 0.196. The molecule has 1 heterocycles. The number of carboxylic acid groups (broad SMARTS) is 1. The van der Waals surface area contributed by atoms with Gasteiger partial charge in [0.2, 0.25) is 0 Å². The van der Waals surface area contributed by atoms with Gasteiger partial charge in [-0.1, -0.05) is 0 Å². The molecular weight excluding hydrogens is 255 g/mol. The summed E-state index contributed by atoms with van der Waals surface area (Å²) in [7, 11) is 0. The average molecular weight is 268 g/mol. The van der Waals surface area contributed by atoms with E-state index in [1.807, 2.05) is 0 Å². The highest BCUT2D eigenvalue weighted by Gasteiger charge is 2.22. The van der Waals surface area contributed by atoms with Crippen LogP contribution in [0.25, 0.3) is 0 Å². The maximum absolute atomic E-state index is 13.4. The molecule has 3 N–H and O–H groups in total. The zero-order chi connectivity index (χ0) is 13.8. The van der Waals surface area contributed by atoms with E-state index in [1.54, 1.807) is 0 Å². The van der Waals surface area contributed by atoms with Gasteiger partial charge in [-0.25, -0.2) is 9.18 Å². The van der Waals surface area contributed by atoms with Crippen molar-refractivity contribution in [3.05, 3.63) is 29.6 Å². The van der Waals surface area contributed by atoms with Gasteiger partial charge in [0, 0.05) is 18.8 Å². The van der Waals surface area contributed by atoms with Crippen LogP contribution in [0.1, 0.15) is 10.4 Å². The second-order valence-electron chi connectivity index (χ2n) is 4.05. The minimum Gasteiger partial charge on any atom is -0.478 e. The second kappa shape index (κ2) is 5.77. The predicted octanol–water partition coefficient (Wildman–Crippen LogP) is 0.451. The third kappa shape index (κ3) is 3.27. The summed E-state index contributed by atoms with van der Waals surface area (Å²) < 4.78 is 18.7. The van der Waals surface area contributed by atoms with E-state index in [2.05, 4.69) is 10.6 Å². The molecule has 1 unspecified atom stereocenters. The Morgan fingerprint density at radius 3 is 2.84 bits per heavy atom. The summed E-state index contributed by atoms with van der Waals surface area (Å²) in [6, 6.07) is 3.41. The summed E-state index contributed by atoms with van der Waals surface area (Å²) in [4.78, 5) is 22.4. The summed E-state index contributed by atoms with van der Waals surface area (Å²) in [5.74, 6) is -2.64. The van der Waals surface area contributed by atoms with Gasteiger partial charge < -0.3 is 20.5 Å². The molecule has 0 spiro atoms. The molecule has 1 aromatic rings. The number of hydrogen-bond donors (Lipinski definition) is 3. The smallest absolute Gasteiger partial charge is 0.338 e. The molecule has 1 aromatic carbocycles. The van der Waals surface area contributed by atoms with Crippen LogP contribution >= 0.6 is 0 Å². The minimum atomic E-state index is -1.35. The highest BCUT2D eigenvalue weighted by molar-refractivity contribution is 5.95. The molecule has 7 heteroatoms. The van der Waals surface area contributed by atoms with E-state index in [4.69, 9.17) is 9.84 Å². The van der Waals surface area contributed by atoms with Crippen molar-refractivity contribution < 1.29 is 23.8 Å². The number of benzene rings is 1. The normalized spacial score (nSPS) is 18.9. The molecule has 6 nitrogen and oxygen atoms in total. The molecule has 1 atom stereocenters. The lowest BCUT2D eigenvalue weighted by molar-refractivity contribution is -0.128. The van der Waals surface area contributed by atoms with E-state index < -0.39 is 29.4 Å². The molecular formula is C12H13FN2O4. The summed E-state index contributed by atoms with van der Waals surface area (Å²) in [6.45, 7) is 1.51. The van der Waals surface area contributed by atoms with Gasteiger partial charge in [0.1, 0.15) is 11.9 Å². The number of morpholine rings is 1. The van der Waals surface area contributed by atoms with Crippen molar-refractivity contribution in [1.29, 1.82) is 0 Å². The Bertz CT molecular complexity index is 501. The number of carboxylic acids is 1. The lowest BCUT2D eigenvalue weighted by Crippen LogP contribution is -2.45. The number of aromatic carboxylic acids is 1. The van der Waals surface area contributed by atoms with Crippen LogP contribution in [0.15, 0.2) is 18.2 Å². The number of nitrogens with one attached hydrogen (secondary N) is 2. The van der Waals surface area contributed by atoms with E-state index in [1.165, 1.54) is 6.07 Å². The van der Waals surface area contributed by atoms with Crippen molar-refractivity contribution >= 4 is 17.6 Å². The monoisotopic (exact) mass is 268 g/mol. The van der Waals surface area contributed by atoms with Crippen molar-refractivity contribution in [2.75, 3.05) is 25.0 Å². The molecule has 2 rings (SSSR count). The summed E-state index contributed by atoms with van der Waals surface area (Å²) >= 11 is 0. The number of hydrogen-bond acceptors (Lipinski definition) is 4. The number of anilines is 1. The zero-order valence-corrected chi connectivity index (χ0v) is 9.98. The van der Waals surface area contributed by atoms with Gasteiger partial charge in [0.25, 0.3) is 5.91 Å². The zero-order valence-electron chi connectivity index (χ0n) is 9.98. The third-order valence-electron chi connectivity index (χ3n) is 2.69. The molecule has 0 saturated carbocycles. The highest BCUT2D eigenvalue weighted by atomic mass is 19.1. The van der Waals surface area contributed by atoms with Crippen LogP contribution in [0.4, 0.5) is 10.1 Å². The topological polar surface area (TPSA) is 87.7 Å². The van der Waals surface area contributed by atoms with Gasteiger partial charge in [0.15, 0.2) is 0 Å². The quantitative estimate of drug-likeness (QED) is 0.741. The van der Waals surface area contributed by atoms with Gasteiger partial charge in [-0.05, 0) is 18.2 Å². The van der Waals surface area contributed by atoms with Gasteiger partial charge in [-0.3, -0.25) is 4.79 Å². The molecule has 1 aliphatic rings. The van der Waals surface area contributed by atoms with Gasteiger partial charge >= 0.3 is 5.97 Å². The van der Waals surface area contributed by atoms with Crippen LogP contribution in [0, 0.1) is 5.82 Å². The van der Waals surface area contributed by atoms with Crippen LogP contribution in [-0.4, -0.2) is 42.8 Å². The van der Waals surface area contributed by atoms with Gasteiger partial charge in [-0.2, -0.15) is 0 Å². The van der Waals surface area contributed by atoms with Crippen LogP contribution in [-0.2, 0) is 9.53 Å². The van der Waals surface area contributed by atoms with Gasteiger partial charge in [0.05, 0.1) is 12.2 Å². The average Bonchev–Trinajstić information content (AvgIpc) is 2.39. The molecule has 0 aliphatic carbocycles. The summed E-state index contributed by atoms with van der Waals surface area (Å²) in [6.07, 6.45) is -0.629. The number of ether oxygens (including phenoxy) is 1. The summed E-state index contributed by atoms with van der Waals surface area (Å²) in [5.41, 5.74) is -0.241. The third-order valence-corrected chi connectivity index (χ3v) is 2.69. The Morgan fingerprint density at radius 1 is 1.47 bits per heavy atom. The molecule has 102 valence electrons. The molecule has 1 amide bonds. The molecule has 0 bridgehead atoms. The lowest BCUT2D eigenvalue weighted by atomic mass is 10.2. The molecule has 0 aromatic heterocycles. The number of amides is 1. The SMILES string of the molecule is O=C(O)c1ccc(NC(=O)C2CNCCO2)cc1F. The lowest BCUT2D eigenvalue weighted by Gasteiger charge is -2.22. The van der Waals surface area contributed by atoms with E-state index in [0.717, 1.165) is 12.1 Å². The van der Waals surface area contributed by atoms with Crippen molar-refractivity contribution in [3.8, 4) is 0 Å². The van der Waals surface area contributed by atoms with Crippen LogP contribution < -0.4 is 10.6 Å². The first-order chi connectivity index (χ1) is 9.08. The maximum atomic E-state index is 13.4.